The van der Waals surface area contributed by atoms with Gasteiger partial charge >= 0.3 is 0 Å². The number of benzene rings is 3. The van der Waals surface area contributed by atoms with Crippen molar-refractivity contribution < 1.29 is 19.0 Å². The molecular weight excluding hydrogens is 418 g/mol. The van der Waals surface area contributed by atoms with Crippen LogP contribution in [0.3, 0.4) is 0 Å². The van der Waals surface area contributed by atoms with E-state index in [1.165, 1.54) is 0 Å². The molecular formula is C26H25N3O4. The molecule has 0 aliphatic rings. The average molecular weight is 444 g/mol. The molecule has 33 heavy (non-hydrogen) atoms. The summed E-state index contributed by atoms with van der Waals surface area (Å²) in [5.74, 6) is 3.15. The van der Waals surface area contributed by atoms with Gasteiger partial charge in [0.05, 0.1) is 7.11 Å². The van der Waals surface area contributed by atoms with E-state index in [2.05, 4.69) is 10.3 Å². The van der Waals surface area contributed by atoms with Crippen molar-refractivity contribution in [3.8, 4) is 23.0 Å². The number of nitrogens with one attached hydrogen (secondary N) is 1. The Kier molecular flexibility index (Phi) is 6.90. The van der Waals surface area contributed by atoms with E-state index in [9.17, 15) is 4.79 Å². The second kappa shape index (κ2) is 10.4. The molecule has 3 aromatic carbocycles. The Labute approximate surface area is 192 Å². The molecule has 0 fully saturated rings. The molecule has 0 saturated carbocycles. The minimum absolute atomic E-state index is 0.135. The van der Waals surface area contributed by atoms with Crippen LogP contribution < -0.4 is 19.5 Å². The van der Waals surface area contributed by atoms with Gasteiger partial charge in [0.15, 0.2) is 6.61 Å². The maximum absolute atomic E-state index is 12.7. The maximum atomic E-state index is 12.7. The molecule has 0 bridgehead atoms. The first-order valence-electron chi connectivity index (χ1n) is 10.5. The lowest BCUT2D eigenvalue weighted by Gasteiger charge is -2.20. The molecule has 0 unspecified atom stereocenters. The first-order valence-corrected chi connectivity index (χ1v) is 10.5. The first kappa shape index (κ1) is 22.0. The summed E-state index contributed by atoms with van der Waals surface area (Å²) in [5.41, 5.74) is 0.861. The fourth-order valence-corrected chi connectivity index (χ4v) is 3.35. The topological polar surface area (TPSA) is 74.6 Å². The van der Waals surface area contributed by atoms with Crippen LogP contribution in [0.2, 0.25) is 0 Å². The number of rotatable bonds is 9. The normalized spacial score (nSPS) is 11.5. The Morgan fingerprint density at radius 2 is 1.64 bits per heavy atom. The Hall–Kier alpha value is -4.26. The lowest BCUT2D eigenvalue weighted by molar-refractivity contribution is -0.123. The number of aromatic nitrogens is 2. The van der Waals surface area contributed by atoms with Crippen LogP contribution in [0.1, 0.15) is 17.4 Å². The van der Waals surface area contributed by atoms with Crippen molar-refractivity contribution in [3.05, 3.63) is 103 Å². The van der Waals surface area contributed by atoms with Crippen molar-refractivity contribution in [1.82, 2.24) is 14.9 Å². The number of methoxy groups -OCH3 is 1. The zero-order chi connectivity index (χ0) is 23.0. The molecule has 7 nitrogen and oxygen atoms in total. The summed E-state index contributed by atoms with van der Waals surface area (Å²) in [5, 5.41) is 3.01. The summed E-state index contributed by atoms with van der Waals surface area (Å²) in [6.07, 6.45) is 3.54. The summed E-state index contributed by atoms with van der Waals surface area (Å²) >= 11 is 0. The van der Waals surface area contributed by atoms with Crippen LogP contribution in [-0.2, 0) is 11.8 Å². The standard InChI is InChI=1S/C26H25N3O4/c1-29-16-15-27-26(29)25(19-7-6-10-23(17-19)31-2)28-24(30)18-32-20-11-13-22(14-12-20)33-21-8-4-3-5-9-21/h3-17,25H,18H2,1-2H3,(H,28,30)/t25-/m1/s1. The third-order valence-corrected chi connectivity index (χ3v) is 5.02. The molecule has 0 spiro atoms. The molecule has 0 aliphatic carbocycles. The number of imidazole rings is 1. The zero-order valence-corrected chi connectivity index (χ0v) is 18.5. The van der Waals surface area contributed by atoms with E-state index >= 15 is 0 Å². The number of amides is 1. The Balaban J connectivity index is 1.40. The fraction of sp³-hybridized carbons (Fsp3) is 0.154. The molecule has 1 heterocycles. The van der Waals surface area contributed by atoms with Gasteiger partial charge in [-0.3, -0.25) is 4.79 Å². The van der Waals surface area contributed by atoms with Crippen molar-refractivity contribution in [2.45, 2.75) is 6.04 Å². The number of carbonyl (C=O) groups excluding carboxylic acids is 1. The van der Waals surface area contributed by atoms with Gasteiger partial charge in [-0.2, -0.15) is 0 Å². The largest absolute Gasteiger partial charge is 0.497 e. The summed E-state index contributed by atoms with van der Waals surface area (Å²) in [6.45, 7) is -0.135. The van der Waals surface area contributed by atoms with E-state index in [4.69, 9.17) is 14.2 Å². The van der Waals surface area contributed by atoms with Crippen molar-refractivity contribution in [1.29, 1.82) is 0 Å². The predicted molar refractivity (Wildman–Crippen MR) is 125 cm³/mol. The van der Waals surface area contributed by atoms with E-state index in [0.717, 1.165) is 11.3 Å². The second-order valence-electron chi connectivity index (χ2n) is 7.35. The molecule has 1 amide bonds. The minimum atomic E-state index is -0.446. The fourth-order valence-electron chi connectivity index (χ4n) is 3.35. The van der Waals surface area contributed by atoms with Crippen LogP contribution in [0.15, 0.2) is 91.3 Å². The van der Waals surface area contributed by atoms with Crippen molar-refractivity contribution in [2.75, 3.05) is 13.7 Å². The molecule has 7 heteroatoms. The van der Waals surface area contributed by atoms with Gasteiger partial charge in [-0.15, -0.1) is 0 Å². The number of carbonyl (C=O) groups is 1. The summed E-state index contributed by atoms with van der Waals surface area (Å²) in [7, 11) is 3.49. The first-order chi connectivity index (χ1) is 16.1. The highest BCUT2D eigenvalue weighted by Crippen LogP contribution is 2.25. The molecule has 1 N–H and O–H groups in total. The number of hydrogen-bond donors (Lipinski definition) is 1. The highest BCUT2D eigenvalue weighted by atomic mass is 16.5. The number of aryl methyl sites for hydroxylation is 1. The van der Waals surface area contributed by atoms with Crippen LogP contribution in [0.4, 0.5) is 0 Å². The van der Waals surface area contributed by atoms with Gasteiger partial charge in [0.25, 0.3) is 5.91 Å². The van der Waals surface area contributed by atoms with Crippen LogP contribution in [0.5, 0.6) is 23.0 Å². The third kappa shape index (κ3) is 5.71. The van der Waals surface area contributed by atoms with Gasteiger partial charge in [-0.25, -0.2) is 4.98 Å². The molecule has 0 radical (unpaired) electrons. The SMILES string of the molecule is COc1cccc([C@@H](NC(=O)COc2ccc(Oc3ccccc3)cc2)c2nccn2C)c1. The van der Waals surface area contributed by atoms with Gasteiger partial charge in [-0.05, 0) is 54.1 Å². The van der Waals surface area contributed by atoms with Crippen LogP contribution in [-0.4, -0.2) is 29.2 Å². The van der Waals surface area contributed by atoms with Crippen LogP contribution in [0.25, 0.3) is 0 Å². The third-order valence-electron chi connectivity index (χ3n) is 5.02. The number of ether oxygens (including phenoxy) is 3. The molecule has 168 valence electrons. The van der Waals surface area contributed by atoms with E-state index in [1.807, 2.05) is 72.4 Å². The number of nitrogens with zero attached hydrogens (tertiary/aromatic N) is 2. The molecule has 4 aromatic rings. The average Bonchev–Trinajstić information content (AvgIpc) is 3.28. The Morgan fingerprint density at radius 1 is 0.939 bits per heavy atom. The lowest BCUT2D eigenvalue weighted by Crippen LogP contribution is -2.34. The monoisotopic (exact) mass is 443 g/mol. The second-order valence-corrected chi connectivity index (χ2v) is 7.35. The number of para-hydroxylation sites is 1. The molecule has 0 aliphatic heterocycles. The summed E-state index contributed by atoms with van der Waals surface area (Å²) in [6, 6.07) is 23.8. The highest BCUT2D eigenvalue weighted by Gasteiger charge is 2.21. The zero-order valence-electron chi connectivity index (χ0n) is 18.5. The van der Waals surface area contributed by atoms with Gasteiger partial charge in [0.1, 0.15) is 34.9 Å². The van der Waals surface area contributed by atoms with E-state index < -0.39 is 6.04 Å². The quantitative estimate of drug-likeness (QED) is 0.412. The molecule has 0 saturated heterocycles. The molecule has 1 aromatic heterocycles. The molecule has 1 atom stereocenters. The van der Waals surface area contributed by atoms with Crippen LogP contribution >= 0.6 is 0 Å². The van der Waals surface area contributed by atoms with Crippen LogP contribution in [0, 0.1) is 0 Å². The number of hydrogen-bond acceptors (Lipinski definition) is 5. The van der Waals surface area contributed by atoms with Gasteiger partial charge in [-0.1, -0.05) is 30.3 Å². The van der Waals surface area contributed by atoms with Crippen molar-refractivity contribution in [2.24, 2.45) is 7.05 Å². The van der Waals surface area contributed by atoms with Gasteiger partial charge in [0, 0.05) is 19.4 Å². The summed E-state index contributed by atoms with van der Waals surface area (Å²) < 4.78 is 18.7. The van der Waals surface area contributed by atoms with Gasteiger partial charge < -0.3 is 24.1 Å². The smallest absolute Gasteiger partial charge is 0.258 e. The molecule has 4 rings (SSSR count). The van der Waals surface area contributed by atoms with Crippen molar-refractivity contribution in [3.63, 3.8) is 0 Å². The van der Waals surface area contributed by atoms with Gasteiger partial charge in [0.2, 0.25) is 0 Å². The van der Waals surface area contributed by atoms with E-state index in [1.54, 1.807) is 37.6 Å². The van der Waals surface area contributed by atoms with Crippen molar-refractivity contribution >= 4 is 5.91 Å². The Bertz CT molecular complexity index is 1190. The minimum Gasteiger partial charge on any atom is -0.497 e. The predicted octanol–water partition coefficient (Wildman–Crippen LogP) is 4.51. The van der Waals surface area contributed by atoms with E-state index in [-0.39, 0.29) is 12.5 Å². The lowest BCUT2D eigenvalue weighted by atomic mass is 10.1. The summed E-state index contributed by atoms with van der Waals surface area (Å²) in [4.78, 5) is 17.2. The maximum Gasteiger partial charge on any atom is 0.258 e. The highest BCUT2D eigenvalue weighted by molar-refractivity contribution is 5.78. The van der Waals surface area contributed by atoms with E-state index in [0.29, 0.717) is 23.1 Å². The Morgan fingerprint density at radius 3 is 2.33 bits per heavy atom.